The zero-order chi connectivity index (χ0) is 21.8. The Morgan fingerprint density at radius 3 is 2.73 bits per heavy atom. The topological polar surface area (TPSA) is 65.4 Å². The molecule has 0 aliphatic carbocycles. The third-order valence-electron chi connectivity index (χ3n) is 4.94. The van der Waals surface area contributed by atoms with Crippen molar-refractivity contribution in [2.24, 2.45) is 0 Å². The van der Waals surface area contributed by atoms with Gasteiger partial charge in [0.2, 0.25) is 0 Å². The molecular formula is C25H31N3O2. The zero-order valence-corrected chi connectivity index (χ0v) is 17.9. The van der Waals surface area contributed by atoms with E-state index in [1.54, 1.807) is 6.08 Å². The fourth-order valence-corrected chi connectivity index (χ4v) is 3.24. The van der Waals surface area contributed by atoms with Gasteiger partial charge in [0, 0.05) is 31.9 Å². The minimum absolute atomic E-state index is 0.0493. The molecule has 0 bridgehead atoms. The second-order valence-electron chi connectivity index (χ2n) is 7.22. The smallest absolute Gasteiger partial charge is 0.262 e. The molecule has 30 heavy (non-hydrogen) atoms. The van der Waals surface area contributed by atoms with Crippen LogP contribution in [0.3, 0.4) is 0 Å². The second-order valence-corrected chi connectivity index (χ2v) is 7.22. The molecule has 1 aliphatic rings. The number of nitrogens with one attached hydrogen (secondary N) is 1. The predicted octanol–water partition coefficient (Wildman–Crippen LogP) is 4.27. The maximum atomic E-state index is 12.3. The highest BCUT2D eigenvalue weighted by Crippen LogP contribution is 2.14. The molecule has 1 atom stereocenters. The van der Waals surface area contributed by atoms with Crippen LogP contribution in [-0.4, -0.2) is 36.6 Å². The molecule has 1 heterocycles. The van der Waals surface area contributed by atoms with Crippen LogP contribution in [0.1, 0.15) is 32.3 Å². The number of hydrogen-bond acceptors (Lipinski definition) is 4. The summed E-state index contributed by atoms with van der Waals surface area (Å²) in [5.41, 5.74) is 3.11. The number of hydrogen-bond donors (Lipinski definition) is 1. The number of rotatable bonds is 10. The van der Waals surface area contributed by atoms with Gasteiger partial charge in [0.1, 0.15) is 11.6 Å². The molecule has 1 saturated heterocycles. The molecular weight excluding hydrogens is 374 g/mol. The molecule has 1 aromatic rings. The highest BCUT2D eigenvalue weighted by atomic mass is 16.5. The third-order valence-corrected chi connectivity index (χ3v) is 4.94. The lowest BCUT2D eigenvalue weighted by Gasteiger charge is -2.24. The van der Waals surface area contributed by atoms with E-state index in [4.69, 9.17) is 4.74 Å². The first kappa shape index (κ1) is 23.2. The van der Waals surface area contributed by atoms with E-state index < -0.39 is 0 Å². The van der Waals surface area contributed by atoms with Crippen molar-refractivity contribution in [2.45, 2.75) is 39.3 Å². The highest BCUT2D eigenvalue weighted by molar-refractivity contribution is 5.97. The Morgan fingerprint density at radius 2 is 2.13 bits per heavy atom. The van der Waals surface area contributed by atoms with Crippen molar-refractivity contribution in [3.63, 3.8) is 0 Å². The zero-order valence-electron chi connectivity index (χ0n) is 17.9. The standard InChI is InChI=1S/C25H31N3O2/c1-4-23(28(5-2)19-21-10-7-6-8-11-21)14-13-20(3)16-22(17-26)25(29)27-18-24-12-9-15-30-24/h4,6-8,10-11,13-14,16,24H,1,5,9,12,15,18-19H2,2-3H3,(H,27,29)/b20-13+,22-16+,23-14+. The Hall–Kier alpha value is -3.10. The van der Waals surface area contributed by atoms with Gasteiger partial charge in [0.25, 0.3) is 5.91 Å². The SMILES string of the molecule is C=C\C(=C/C=C(C)/C=C(\C#N)C(=O)NCC1CCCO1)N(CC)Cc1ccccc1. The molecule has 0 aromatic heterocycles. The van der Waals surface area contributed by atoms with Gasteiger partial charge in [0.15, 0.2) is 0 Å². The van der Waals surface area contributed by atoms with Crippen molar-refractivity contribution in [1.82, 2.24) is 10.2 Å². The largest absolute Gasteiger partial charge is 0.376 e. The lowest BCUT2D eigenvalue weighted by Crippen LogP contribution is -2.32. The first-order valence-electron chi connectivity index (χ1n) is 10.4. The van der Waals surface area contributed by atoms with Gasteiger partial charge in [-0.1, -0.05) is 43.0 Å². The number of ether oxygens (including phenoxy) is 1. The summed E-state index contributed by atoms with van der Waals surface area (Å²) < 4.78 is 5.50. The van der Waals surface area contributed by atoms with Gasteiger partial charge >= 0.3 is 0 Å². The number of amides is 1. The first-order chi connectivity index (χ1) is 14.6. The fraction of sp³-hybridized carbons (Fsp3) is 0.360. The Bertz CT molecular complexity index is 841. The molecule has 0 spiro atoms. The van der Waals surface area contributed by atoms with Gasteiger partial charge in [-0.2, -0.15) is 5.26 Å². The molecule has 1 fully saturated rings. The number of benzene rings is 1. The fourth-order valence-electron chi connectivity index (χ4n) is 3.24. The van der Waals surface area contributed by atoms with Crippen molar-refractivity contribution in [2.75, 3.05) is 19.7 Å². The van der Waals surface area contributed by atoms with Crippen molar-refractivity contribution in [3.05, 3.63) is 83.6 Å². The molecule has 1 aromatic carbocycles. The molecule has 2 rings (SSSR count). The average molecular weight is 406 g/mol. The summed E-state index contributed by atoms with van der Waals surface area (Å²) in [5, 5.41) is 12.2. The lowest BCUT2D eigenvalue weighted by molar-refractivity contribution is -0.117. The molecule has 1 unspecified atom stereocenters. The predicted molar refractivity (Wildman–Crippen MR) is 120 cm³/mol. The Morgan fingerprint density at radius 1 is 1.37 bits per heavy atom. The van der Waals surface area contributed by atoms with E-state index in [1.807, 2.05) is 49.4 Å². The molecule has 158 valence electrons. The number of nitrogens with zero attached hydrogens (tertiary/aromatic N) is 2. The Kier molecular flexibility index (Phi) is 9.63. The molecule has 5 heteroatoms. The normalized spacial score (nSPS) is 17.4. The molecule has 5 nitrogen and oxygen atoms in total. The summed E-state index contributed by atoms with van der Waals surface area (Å²) in [6.45, 7) is 10.7. The third kappa shape index (κ3) is 7.38. The molecule has 1 amide bonds. The number of nitriles is 1. The van der Waals surface area contributed by atoms with E-state index in [0.29, 0.717) is 6.54 Å². The Labute approximate surface area is 180 Å². The van der Waals surface area contributed by atoms with E-state index in [-0.39, 0.29) is 17.6 Å². The summed E-state index contributed by atoms with van der Waals surface area (Å²) in [7, 11) is 0. The lowest BCUT2D eigenvalue weighted by atomic mass is 10.1. The van der Waals surface area contributed by atoms with Crippen LogP contribution in [0.2, 0.25) is 0 Å². The van der Waals surface area contributed by atoms with Gasteiger partial charge in [0.05, 0.1) is 6.10 Å². The van der Waals surface area contributed by atoms with Gasteiger partial charge in [-0.3, -0.25) is 4.79 Å². The van der Waals surface area contributed by atoms with E-state index in [1.165, 1.54) is 5.56 Å². The van der Waals surface area contributed by atoms with Crippen molar-refractivity contribution in [3.8, 4) is 6.07 Å². The van der Waals surface area contributed by atoms with Crippen LogP contribution in [0, 0.1) is 11.3 Å². The van der Waals surface area contributed by atoms with Crippen molar-refractivity contribution < 1.29 is 9.53 Å². The highest BCUT2D eigenvalue weighted by Gasteiger charge is 2.17. The van der Waals surface area contributed by atoms with Crippen molar-refractivity contribution in [1.29, 1.82) is 5.26 Å². The van der Waals surface area contributed by atoms with Crippen LogP contribution in [0.25, 0.3) is 0 Å². The monoisotopic (exact) mass is 405 g/mol. The van der Waals surface area contributed by atoms with Gasteiger partial charge in [-0.05, 0) is 56.1 Å². The van der Waals surface area contributed by atoms with E-state index in [0.717, 1.165) is 43.8 Å². The molecule has 0 saturated carbocycles. The number of likely N-dealkylation sites (N-methyl/N-ethyl adjacent to an activating group) is 1. The van der Waals surface area contributed by atoms with Crippen LogP contribution in [0.5, 0.6) is 0 Å². The molecule has 0 radical (unpaired) electrons. The minimum Gasteiger partial charge on any atom is -0.376 e. The number of carbonyl (C=O) groups is 1. The molecule has 1 aliphatic heterocycles. The number of carbonyl (C=O) groups excluding carboxylic acids is 1. The summed E-state index contributed by atoms with van der Waals surface area (Å²) in [5.74, 6) is -0.368. The molecule has 1 N–H and O–H groups in total. The van der Waals surface area contributed by atoms with Crippen LogP contribution >= 0.6 is 0 Å². The minimum atomic E-state index is -0.368. The van der Waals surface area contributed by atoms with E-state index >= 15 is 0 Å². The summed E-state index contributed by atoms with van der Waals surface area (Å²) in [6.07, 6.45) is 9.29. The first-order valence-corrected chi connectivity index (χ1v) is 10.4. The van der Waals surface area contributed by atoms with Crippen LogP contribution in [0.15, 0.2) is 78.1 Å². The summed E-state index contributed by atoms with van der Waals surface area (Å²) >= 11 is 0. The number of allylic oxidation sites excluding steroid dienone is 5. The van der Waals surface area contributed by atoms with E-state index in [2.05, 4.69) is 35.9 Å². The van der Waals surface area contributed by atoms with Crippen molar-refractivity contribution >= 4 is 5.91 Å². The average Bonchev–Trinajstić information content (AvgIpc) is 3.29. The van der Waals surface area contributed by atoms with Crippen LogP contribution < -0.4 is 5.32 Å². The maximum absolute atomic E-state index is 12.3. The van der Waals surface area contributed by atoms with E-state index in [9.17, 15) is 10.1 Å². The van der Waals surface area contributed by atoms with Crippen LogP contribution in [-0.2, 0) is 16.1 Å². The van der Waals surface area contributed by atoms with Gasteiger partial charge < -0.3 is 15.0 Å². The van der Waals surface area contributed by atoms with Crippen LogP contribution in [0.4, 0.5) is 0 Å². The van der Waals surface area contributed by atoms with Gasteiger partial charge in [-0.15, -0.1) is 0 Å². The summed E-state index contributed by atoms with van der Waals surface area (Å²) in [6, 6.07) is 12.3. The second kappa shape index (κ2) is 12.5. The Balaban J connectivity index is 2.05. The summed E-state index contributed by atoms with van der Waals surface area (Å²) in [4.78, 5) is 14.5. The van der Waals surface area contributed by atoms with Gasteiger partial charge in [-0.25, -0.2) is 0 Å². The maximum Gasteiger partial charge on any atom is 0.262 e. The quantitative estimate of drug-likeness (QED) is 0.359.